The molecule has 2 aliphatic carbocycles. The second-order valence-corrected chi connectivity index (χ2v) is 27.9. The zero-order chi connectivity index (χ0) is 17.4. The fourth-order valence-corrected chi connectivity index (χ4v) is 25.8. The maximum atomic E-state index is 2.71. The van der Waals surface area contributed by atoms with Gasteiger partial charge in [0.25, 0.3) is 0 Å². The first kappa shape index (κ1) is 17.4. The van der Waals surface area contributed by atoms with Crippen LogP contribution < -0.4 is 0 Å². The molecule has 2 heteroatoms. The first-order chi connectivity index (χ1) is 12.2. The van der Waals surface area contributed by atoms with Crippen LogP contribution in [-0.4, -0.2) is 5.92 Å². The maximum absolute atomic E-state index is 2.71. The van der Waals surface area contributed by atoms with Crippen molar-refractivity contribution in [1.82, 2.24) is 0 Å². The normalized spacial score (nSPS) is 20.6. The predicted octanol–water partition coefficient (Wildman–Crippen LogP) is 6.29. The van der Waals surface area contributed by atoms with E-state index >= 15 is 0 Å². The molecule has 0 N–H and O–H groups in total. The monoisotopic (exact) mass is 421 g/mol. The van der Waals surface area contributed by atoms with Gasteiger partial charge in [-0.05, 0) is 0 Å². The molecule has 0 radical (unpaired) electrons. The third kappa shape index (κ3) is 3.13. The topological polar surface area (TPSA) is 0 Å². The molecule has 0 saturated heterocycles. The van der Waals surface area contributed by atoms with Crippen LogP contribution in [0.3, 0.4) is 0 Å². The summed E-state index contributed by atoms with van der Waals surface area (Å²) in [5.74, 6) is -0.656. The Morgan fingerprint density at radius 1 is 0.920 bits per heavy atom. The van der Waals surface area contributed by atoms with Crippen LogP contribution in [-0.2, 0) is 20.9 Å². The van der Waals surface area contributed by atoms with Crippen LogP contribution in [0.5, 0.6) is 0 Å². The van der Waals surface area contributed by atoms with E-state index in [0.717, 1.165) is 7.25 Å². The average molecular weight is 423 g/mol. The molecule has 2 aliphatic rings. The molecule has 0 heterocycles. The van der Waals surface area contributed by atoms with Crippen molar-refractivity contribution in [3.05, 3.63) is 82.9 Å². The molecule has 0 bridgehead atoms. The molecule has 0 amide bonds. The van der Waals surface area contributed by atoms with E-state index in [1.165, 1.54) is 18.4 Å². The second-order valence-electron chi connectivity index (χ2n) is 7.63. The summed E-state index contributed by atoms with van der Waals surface area (Å²) in [6.07, 6.45) is 10.2. The standard InChI is InChI=1S/C12H13.C9H7.C2H7Si.Zr/c1-2-5-10-8-9-11-6-3-4-7-12(10)11;1-2-5-9-7-3-6-8(9)4-1;1-3-2;/h3-4,6-9H,2,5H2,1H3;1-7H;3H,1-2H3;. The van der Waals surface area contributed by atoms with Crippen molar-refractivity contribution in [2.45, 2.75) is 40.1 Å². The molecule has 127 valence electrons. The molecule has 2 atom stereocenters. The van der Waals surface area contributed by atoms with E-state index in [9.17, 15) is 0 Å². The number of rotatable bonds is 5. The first-order valence-electron chi connectivity index (χ1n) is 9.64. The molecular formula is C23H27SiZr. The molecule has 4 rings (SSSR count). The molecule has 0 fully saturated rings. The Hall–Kier alpha value is -0.980. The molecule has 2 aromatic carbocycles. The number of allylic oxidation sites excluding steroid dienone is 3. The van der Waals surface area contributed by atoms with Gasteiger partial charge in [-0.25, -0.2) is 0 Å². The number of hydrogen-bond donors (Lipinski definition) is 0. The summed E-state index contributed by atoms with van der Waals surface area (Å²) in [7, 11) is 0. The summed E-state index contributed by atoms with van der Waals surface area (Å²) in [4.78, 5) is 0. The second kappa shape index (κ2) is 7.33. The van der Waals surface area contributed by atoms with Crippen LogP contribution in [0, 0.1) is 0 Å². The van der Waals surface area contributed by atoms with Crippen molar-refractivity contribution in [2.75, 3.05) is 0 Å². The summed E-state index contributed by atoms with van der Waals surface area (Å²) in [5.41, 5.74) is 7.97. The Morgan fingerprint density at radius 3 is 2.40 bits per heavy atom. The van der Waals surface area contributed by atoms with E-state index in [0.29, 0.717) is 0 Å². The van der Waals surface area contributed by atoms with E-state index in [2.05, 4.69) is 86.8 Å². The first-order valence-corrected chi connectivity index (χ1v) is 19.6. The fourth-order valence-electron chi connectivity index (χ4n) is 4.66. The van der Waals surface area contributed by atoms with Crippen molar-refractivity contribution < 1.29 is 20.9 Å². The number of benzene rings is 2. The number of hydrogen-bond acceptors (Lipinski definition) is 0. The van der Waals surface area contributed by atoms with Gasteiger partial charge < -0.3 is 0 Å². The van der Waals surface area contributed by atoms with E-state index in [1.807, 2.05) is 0 Å². The Morgan fingerprint density at radius 2 is 1.64 bits per heavy atom. The molecule has 0 spiro atoms. The van der Waals surface area contributed by atoms with Crippen LogP contribution in [0.15, 0.2) is 60.7 Å². The average Bonchev–Trinajstić information content (AvgIpc) is 3.19. The SMILES string of the molecule is CCCC1=C[CH]([Zr]([CH]2C=Cc3ccccc32)[SiH](C)C)c2ccccc21. The zero-order valence-corrected chi connectivity index (χ0v) is 19.1. The molecule has 25 heavy (non-hydrogen) atoms. The summed E-state index contributed by atoms with van der Waals surface area (Å²) >= 11 is -1.69. The Kier molecular flexibility index (Phi) is 5.11. The summed E-state index contributed by atoms with van der Waals surface area (Å²) in [6.45, 7) is 7.55. The van der Waals surface area contributed by atoms with Gasteiger partial charge in [0.15, 0.2) is 0 Å². The van der Waals surface area contributed by atoms with Gasteiger partial charge in [-0.15, -0.1) is 0 Å². The molecule has 0 saturated carbocycles. The van der Waals surface area contributed by atoms with Gasteiger partial charge in [0.1, 0.15) is 0 Å². The molecule has 2 aromatic rings. The summed E-state index contributed by atoms with van der Waals surface area (Å²) in [5, 5.41) is 0. The zero-order valence-electron chi connectivity index (χ0n) is 15.5. The summed E-state index contributed by atoms with van der Waals surface area (Å²) in [6, 6.07) is 18.4. The van der Waals surface area contributed by atoms with Crippen LogP contribution in [0.25, 0.3) is 11.6 Å². The van der Waals surface area contributed by atoms with E-state index < -0.39 is 26.8 Å². The van der Waals surface area contributed by atoms with Crippen molar-refractivity contribution in [2.24, 2.45) is 0 Å². The molecule has 0 nitrogen and oxygen atoms in total. The van der Waals surface area contributed by atoms with Gasteiger partial charge in [-0.1, -0.05) is 0 Å². The van der Waals surface area contributed by atoms with Crippen molar-refractivity contribution in [3.63, 3.8) is 0 Å². The van der Waals surface area contributed by atoms with Crippen molar-refractivity contribution in [1.29, 1.82) is 0 Å². The van der Waals surface area contributed by atoms with E-state index in [-0.39, 0.29) is 0 Å². The van der Waals surface area contributed by atoms with E-state index in [1.54, 1.807) is 22.3 Å². The molecular weight excluding hydrogens is 396 g/mol. The van der Waals surface area contributed by atoms with Gasteiger partial charge in [-0.3, -0.25) is 0 Å². The molecule has 0 aromatic heterocycles. The predicted molar refractivity (Wildman–Crippen MR) is 109 cm³/mol. The van der Waals surface area contributed by atoms with Gasteiger partial charge in [0.2, 0.25) is 0 Å². The van der Waals surface area contributed by atoms with Gasteiger partial charge >= 0.3 is 162 Å². The minimum atomic E-state index is -1.69. The Bertz CT molecular complexity index is 833. The Balaban J connectivity index is 1.77. The molecule has 0 aliphatic heterocycles. The van der Waals surface area contributed by atoms with Crippen molar-refractivity contribution >= 4 is 17.6 Å². The van der Waals surface area contributed by atoms with E-state index in [4.69, 9.17) is 0 Å². The quantitative estimate of drug-likeness (QED) is 0.496. The Labute approximate surface area is 160 Å². The van der Waals surface area contributed by atoms with Gasteiger partial charge in [0, 0.05) is 0 Å². The van der Waals surface area contributed by atoms with Crippen LogP contribution in [0.2, 0.25) is 13.1 Å². The molecule has 2 unspecified atom stereocenters. The fraction of sp³-hybridized carbons (Fsp3) is 0.304. The van der Waals surface area contributed by atoms with Crippen molar-refractivity contribution in [3.8, 4) is 0 Å². The van der Waals surface area contributed by atoms with Gasteiger partial charge in [0.05, 0.1) is 0 Å². The number of fused-ring (bicyclic) bond motifs is 2. The summed E-state index contributed by atoms with van der Waals surface area (Å²) < 4.78 is 1.56. The van der Waals surface area contributed by atoms with Crippen LogP contribution >= 0.6 is 0 Å². The third-order valence-corrected chi connectivity index (χ3v) is 27.1. The van der Waals surface area contributed by atoms with Crippen LogP contribution in [0.1, 0.15) is 49.3 Å². The van der Waals surface area contributed by atoms with Gasteiger partial charge in [-0.2, -0.15) is 0 Å². The minimum absolute atomic E-state index is 0.656. The third-order valence-electron chi connectivity index (χ3n) is 5.71. The van der Waals surface area contributed by atoms with Crippen LogP contribution in [0.4, 0.5) is 0 Å².